The summed E-state index contributed by atoms with van der Waals surface area (Å²) in [6.45, 7) is 5.81. The number of nitrogens with one attached hydrogen (secondary N) is 1. The summed E-state index contributed by atoms with van der Waals surface area (Å²) in [5, 5.41) is 13.4. The molecule has 0 bridgehead atoms. The smallest absolute Gasteiger partial charge is 0.119 e. The van der Waals surface area contributed by atoms with E-state index in [1.54, 1.807) is 12.1 Å². The zero-order valence-corrected chi connectivity index (χ0v) is 13.3. The van der Waals surface area contributed by atoms with Crippen molar-refractivity contribution in [3.63, 3.8) is 0 Å². The first-order valence-corrected chi connectivity index (χ1v) is 6.83. The third-order valence-electron chi connectivity index (χ3n) is 2.38. The Labute approximate surface area is 131 Å². The van der Waals surface area contributed by atoms with Crippen LogP contribution in [0.25, 0.3) is 0 Å². The van der Waals surface area contributed by atoms with Crippen LogP contribution in [0.15, 0.2) is 24.3 Å². The summed E-state index contributed by atoms with van der Waals surface area (Å²) < 4.78 is 10.8. The van der Waals surface area contributed by atoms with E-state index >= 15 is 0 Å². The van der Waals surface area contributed by atoms with E-state index in [0.29, 0.717) is 37.4 Å². The fraction of sp³-hybridized carbons (Fsp3) is 0.571. The molecule has 20 heavy (non-hydrogen) atoms. The van der Waals surface area contributed by atoms with Crippen molar-refractivity contribution >= 4 is 11.6 Å². The summed E-state index contributed by atoms with van der Waals surface area (Å²) >= 11 is 5.77. The number of aliphatic hydroxyl groups is 1. The molecule has 0 heterocycles. The summed E-state index contributed by atoms with van der Waals surface area (Å²) in [5.41, 5.74) is 0. The Balaban J connectivity index is 0.00000361. The third kappa shape index (κ3) is 9.39. The molecule has 0 saturated heterocycles. The van der Waals surface area contributed by atoms with Crippen LogP contribution in [-0.2, 0) is 4.74 Å². The molecule has 1 aromatic rings. The van der Waals surface area contributed by atoms with Gasteiger partial charge in [-0.15, -0.1) is 0 Å². The molecule has 0 saturated carbocycles. The van der Waals surface area contributed by atoms with E-state index in [1.165, 1.54) is 0 Å². The van der Waals surface area contributed by atoms with Crippen LogP contribution >= 0.6 is 11.6 Å². The summed E-state index contributed by atoms with van der Waals surface area (Å²) in [4.78, 5) is 0. The predicted molar refractivity (Wildman–Crippen MR) is 76.9 cm³/mol. The van der Waals surface area contributed by atoms with Crippen molar-refractivity contribution in [2.45, 2.75) is 26.0 Å². The van der Waals surface area contributed by atoms with Crippen LogP contribution in [0.3, 0.4) is 0 Å². The van der Waals surface area contributed by atoms with Crippen LogP contribution < -0.4 is 22.5 Å². The number of ether oxygens (including phenoxy) is 2. The minimum absolute atomic E-state index is 0. The fourth-order valence-corrected chi connectivity index (χ4v) is 1.53. The van der Waals surface area contributed by atoms with Gasteiger partial charge in [0.1, 0.15) is 12.4 Å². The lowest BCUT2D eigenvalue weighted by atomic mass is 10.3. The quantitative estimate of drug-likeness (QED) is 0.578. The minimum atomic E-state index is -0.488. The molecule has 0 aliphatic heterocycles. The Bertz CT molecular complexity index is 347. The standard InChI is InChI=1S/C14H22ClNO3.ClH/c1-11(2)16-9-13(17)10-18-7-8-19-14-5-3-12(15)4-6-14;/h3-6,11,13,16-17H,7-10H2,1-2H3;1H/p-1. The number of aliphatic hydroxyl groups excluding tert-OH is 1. The van der Waals surface area contributed by atoms with Gasteiger partial charge < -0.3 is 32.3 Å². The monoisotopic (exact) mass is 322 g/mol. The van der Waals surface area contributed by atoms with Gasteiger partial charge in [-0.2, -0.15) is 0 Å². The molecule has 0 aliphatic rings. The number of hydrogen-bond donors (Lipinski definition) is 2. The zero-order valence-electron chi connectivity index (χ0n) is 11.8. The average molecular weight is 323 g/mol. The summed E-state index contributed by atoms with van der Waals surface area (Å²) in [7, 11) is 0. The summed E-state index contributed by atoms with van der Waals surface area (Å²) in [5.74, 6) is 0.759. The minimum Gasteiger partial charge on any atom is -1.00 e. The Morgan fingerprint density at radius 1 is 1.20 bits per heavy atom. The topological polar surface area (TPSA) is 50.7 Å². The fourth-order valence-electron chi connectivity index (χ4n) is 1.40. The van der Waals surface area contributed by atoms with Gasteiger partial charge in [0.2, 0.25) is 0 Å². The van der Waals surface area contributed by atoms with Gasteiger partial charge >= 0.3 is 0 Å². The van der Waals surface area contributed by atoms with Gasteiger partial charge in [0.25, 0.3) is 0 Å². The number of hydrogen-bond acceptors (Lipinski definition) is 4. The molecule has 0 radical (unpaired) electrons. The van der Waals surface area contributed by atoms with E-state index in [4.69, 9.17) is 21.1 Å². The highest BCUT2D eigenvalue weighted by atomic mass is 35.5. The molecule has 0 amide bonds. The van der Waals surface area contributed by atoms with Crippen LogP contribution in [0, 0.1) is 0 Å². The van der Waals surface area contributed by atoms with Gasteiger partial charge in [-0.3, -0.25) is 0 Å². The molecule has 1 unspecified atom stereocenters. The predicted octanol–water partition coefficient (Wildman–Crippen LogP) is -0.902. The first kappa shape index (κ1) is 19.5. The van der Waals surface area contributed by atoms with Crippen LogP contribution in [0.4, 0.5) is 0 Å². The van der Waals surface area contributed by atoms with Crippen molar-refractivity contribution in [3.05, 3.63) is 29.3 Å². The molecule has 1 rings (SSSR count). The largest absolute Gasteiger partial charge is 1.00 e. The second-order valence-electron chi connectivity index (χ2n) is 4.59. The molecule has 0 aliphatic carbocycles. The maximum absolute atomic E-state index is 9.60. The SMILES string of the molecule is CC(C)NCC(O)COCCOc1ccc(Cl)cc1.[Cl-]. The molecule has 0 fully saturated rings. The first-order valence-electron chi connectivity index (χ1n) is 6.45. The summed E-state index contributed by atoms with van der Waals surface area (Å²) in [6, 6.07) is 7.54. The lowest BCUT2D eigenvalue weighted by molar-refractivity contribution is -0.00000712. The molecule has 116 valence electrons. The first-order chi connectivity index (χ1) is 9.08. The van der Waals surface area contributed by atoms with E-state index in [9.17, 15) is 5.11 Å². The van der Waals surface area contributed by atoms with Crippen LogP contribution in [0.5, 0.6) is 5.75 Å². The van der Waals surface area contributed by atoms with E-state index in [0.717, 1.165) is 5.75 Å². The number of rotatable bonds is 9. The molecule has 1 atom stereocenters. The van der Waals surface area contributed by atoms with Gasteiger partial charge in [0.15, 0.2) is 0 Å². The molecule has 1 aromatic carbocycles. The lowest BCUT2D eigenvalue weighted by Gasteiger charge is -2.14. The number of halogens is 2. The van der Waals surface area contributed by atoms with E-state index in [1.807, 2.05) is 26.0 Å². The van der Waals surface area contributed by atoms with Crippen molar-refractivity contribution < 1.29 is 27.0 Å². The highest BCUT2D eigenvalue weighted by molar-refractivity contribution is 6.30. The maximum Gasteiger partial charge on any atom is 0.119 e. The van der Waals surface area contributed by atoms with E-state index in [-0.39, 0.29) is 12.4 Å². The highest BCUT2D eigenvalue weighted by Gasteiger charge is 2.04. The van der Waals surface area contributed by atoms with Crippen molar-refractivity contribution in [2.24, 2.45) is 0 Å². The van der Waals surface area contributed by atoms with Crippen molar-refractivity contribution in [1.29, 1.82) is 0 Å². The summed E-state index contributed by atoms with van der Waals surface area (Å²) in [6.07, 6.45) is -0.488. The van der Waals surface area contributed by atoms with Crippen LogP contribution in [-0.4, -0.2) is 43.6 Å². The van der Waals surface area contributed by atoms with E-state index < -0.39 is 6.10 Å². The van der Waals surface area contributed by atoms with Crippen molar-refractivity contribution in [1.82, 2.24) is 5.32 Å². The Morgan fingerprint density at radius 2 is 1.85 bits per heavy atom. The van der Waals surface area contributed by atoms with E-state index in [2.05, 4.69) is 5.32 Å². The number of benzene rings is 1. The molecule has 6 heteroatoms. The van der Waals surface area contributed by atoms with Crippen molar-refractivity contribution in [3.8, 4) is 5.75 Å². The molecular formula is C14H22Cl2NO3-. The Kier molecular flexibility index (Phi) is 10.9. The molecular weight excluding hydrogens is 301 g/mol. The second kappa shape index (κ2) is 11.2. The van der Waals surface area contributed by atoms with Gasteiger partial charge in [0.05, 0.1) is 19.3 Å². The Hall–Kier alpha value is -0.520. The van der Waals surface area contributed by atoms with Gasteiger partial charge in [-0.05, 0) is 24.3 Å². The van der Waals surface area contributed by atoms with Gasteiger partial charge in [-0.25, -0.2) is 0 Å². The lowest BCUT2D eigenvalue weighted by Crippen LogP contribution is -3.00. The maximum atomic E-state index is 9.60. The molecule has 2 N–H and O–H groups in total. The van der Waals surface area contributed by atoms with Gasteiger partial charge in [0, 0.05) is 17.6 Å². The average Bonchev–Trinajstić information content (AvgIpc) is 2.38. The van der Waals surface area contributed by atoms with Crippen molar-refractivity contribution in [2.75, 3.05) is 26.4 Å². The van der Waals surface area contributed by atoms with Crippen LogP contribution in [0.2, 0.25) is 5.02 Å². The highest BCUT2D eigenvalue weighted by Crippen LogP contribution is 2.15. The third-order valence-corrected chi connectivity index (χ3v) is 2.63. The molecule has 0 spiro atoms. The molecule has 0 aromatic heterocycles. The van der Waals surface area contributed by atoms with Gasteiger partial charge in [-0.1, -0.05) is 25.4 Å². The molecule has 4 nitrogen and oxygen atoms in total. The Morgan fingerprint density at radius 3 is 2.45 bits per heavy atom. The second-order valence-corrected chi connectivity index (χ2v) is 5.03. The zero-order chi connectivity index (χ0) is 14.1. The van der Waals surface area contributed by atoms with Crippen LogP contribution in [0.1, 0.15) is 13.8 Å². The normalized spacial score (nSPS) is 12.1.